The molecule has 0 aliphatic heterocycles. The molecular formula is C28H32FN3O5S. The number of nitrogens with zero attached hydrogens (tertiary/aromatic N) is 2. The van der Waals surface area contributed by atoms with E-state index in [1.54, 1.807) is 75.6 Å². The molecule has 202 valence electrons. The zero-order valence-electron chi connectivity index (χ0n) is 21.6. The Labute approximate surface area is 223 Å². The molecule has 8 nitrogen and oxygen atoms in total. The summed E-state index contributed by atoms with van der Waals surface area (Å²) in [5.41, 5.74) is 1.01. The van der Waals surface area contributed by atoms with Crippen LogP contribution in [-0.4, -0.2) is 51.4 Å². The molecule has 3 aromatic carbocycles. The molecule has 0 spiro atoms. The van der Waals surface area contributed by atoms with Gasteiger partial charge in [-0.1, -0.05) is 37.3 Å². The van der Waals surface area contributed by atoms with Gasteiger partial charge in [-0.25, -0.2) is 12.8 Å². The van der Waals surface area contributed by atoms with Crippen LogP contribution in [0.1, 0.15) is 25.8 Å². The van der Waals surface area contributed by atoms with Crippen LogP contribution in [0.4, 0.5) is 10.1 Å². The summed E-state index contributed by atoms with van der Waals surface area (Å²) in [5.74, 6) is -0.828. The number of benzene rings is 3. The van der Waals surface area contributed by atoms with Crippen molar-refractivity contribution in [2.24, 2.45) is 0 Å². The fourth-order valence-electron chi connectivity index (χ4n) is 4.00. The zero-order chi connectivity index (χ0) is 27.7. The molecule has 1 atom stereocenters. The van der Waals surface area contributed by atoms with Gasteiger partial charge in [0.15, 0.2) is 0 Å². The summed E-state index contributed by atoms with van der Waals surface area (Å²) in [6, 6.07) is 18.9. The van der Waals surface area contributed by atoms with Gasteiger partial charge in [0.05, 0.1) is 17.7 Å². The number of hydrogen-bond acceptors (Lipinski definition) is 5. The van der Waals surface area contributed by atoms with Crippen LogP contribution in [0.3, 0.4) is 0 Å². The van der Waals surface area contributed by atoms with E-state index in [0.29, 0.717) is 18.7 Å². The average Bonchev–Trinajstić information content (AvgIpc) is 2.92. The maximum atomic E-state index is 13.9. The summed E-state index contributed by atoms with van der Waals surface area (Å²) in [5, 5.41) is 2.76. The molecule has 0 heterocycles. The summed E-state index contributed by atoms with van der Waals surface area (Å²) in [6.07, 6.45) is 0.323. The quantitative estimate of drug-likeness (QED) is 0.374. The third-order valence-electron chi connectivity index (χ3n) is 5.97. The topological polar surface area (TPSA) is 96.0 Å². The number of hydrogen-bond donors (Lipinski definition) is 1. The fourth-order valence-corrected chi connectivity index (χ4v) is 5.41. The first kappa shape index (κ1) is 28.6. The van der Waals surface area contributed by atoms with Crippen molar-refractivity contribution in [2.75, 3.05) is 24.5 Å². The van der Waals surface area contributed by atoms with Gasteiger partial charge in [0.1, 0.15) is 24.2 Å². The first-order valence-corrected chi connectivity index (χ1v) is 13.7. The van der Waals surface area contributed by atoms with Crippen LogP contribution in [0.25, 0.3) is 0 Å². The molecule has 3 rings (SSSR count). The largest absolute Gasteiger partial charge is 0.497 e. The predicted molar refractivity (Wildman–Crippen MR) is 144 cm³/mol. The number of ether oxygens (including phenoxy) is 1. The Morgan fingerprint density at radius 2 is 1.58 bits per heavy atom. The molecule has 0 aliphatic carbocycles. The highest BCUT2D eigenvalue weighted by atomic mass is 32.2. The Balaban J connectivity index is 2.02. The molecule has 0 bridgehead atoms. The SMILES string of the molecule is CCNC(=O)[C@H](CC)N(Cc1ccc(OC)cc1)C(=O)CN(c1ccccc1)S(=O)(=O)c1ccc(F)cc1. The molecule has 0 radical (unpaired) electrons. The van der Waals surface area contributed by atoms with Gasteiger partial charge in [0.2, 0.25) is 11.8 Å². The number of anilines is 1. The molecule has 0 saturated heterocycles. The Morgan fingerprint density at radius 3 is 2.13 bits per heavy atom. The van der Waals surface area contributed by atoms with Gasteiger partial charge in [0, 0.05) is 13.1 Å². The molecule has 0 saturated carbocycles. The molecular weight excluding hydrogens is 509 g/mol. The van der Waals surface area contributed by atoms with Crippen LogP contribution < -0.4 is 14.4 Å². The third-order valence-corrected chi connectivity index (χ3v) is 7.76. The van der Waals surface area contributed by atoms with Crippen molar-refractivity contribution in [1.82, 2.24) is 10.2 Å². The number of likely N-dealkylation sites (N-methyl/N-ethyl adjacent to an activating group) is 1. The van der Waals surface area contributed by atoms with E-state index in [9.17, 15) is 22.4 Å². The molecule has 0 aliphatic rings. The molecule has 3 aromatic rings. The number of amides is 2. The molecule has 0 aromatic heterocycles. The number of carbonyl (C=O) groups is 2. The molecule has 2 amide bonds. The van der Waals surface area contributed by atoms with E-state index in [2.05, 4.69) is 5.32 Å². The molecule has 0 fully saturated rings. The van der Waals surface area contributed by atoms with Crippen molar-refractivity contribution < 1.29 is 27.1 Å². The van der Waals surface area contributed by atoms with Crippen LogP contribution in [-0.2, 0) is 26.2 Å². The normalized spacial score (nSPS) is 11.9. The van der Waals surface area contributed by atoms with Crippen LogP contribution in [0.2, 0.25) is 0 Å². The molecule has 38 heavy (non-hydrogen) atoms. The Bertz CT molecular complexity index is 1320. The first-order chi connectivity index (χ1) is 18.2. The second-order valence-corrected chi connectivity index (χ2v) is 10.4. The van der Waals surface area contributed by atoms with E-state index in [1.807, 2.05) is 0 Å². The van der Waals surface area contributed by atoms with Crippen LogP contribution in [0.5, 0.6) is 5.75 Å². The second kappa shape index (κ2) is 13.0. The summed E-state index contributed by atoms with van der Waals surface area (Å²) in [7, 11) is -2.69. The number of carbonyl (C=O) groups excluding carboxylic acids is 2. The fraction of sp³-hybridized carbons (Fsp3) is 0.286. The lowest BCUT2D eigenvalue weighted by Gasteiger charge is -2.33. The summed E-state index contributed by atoms with van der Waals surface area (Å²) in [6.45, 7) is 3.48. The minimum atomic E-state index is -4.24. The van der Waals surface area contributed by atoms with E-state index in [4.69, 9.17) is 4.74 Å². The van der Waals surface area contributed by atoms with E-state index in [1.165, 1.54) is 4.90 Å². The van der Waals surface area contributed by atoms with Crippen LogP contribution >= 0.6 is 0 Å². The van der Waals surface area contributed by atoms with Gasteiger partial charge < -0.3 is 15.0 Å². The lowest BCUT2D eigenvalue weighted by molar-refractivity contribution is -0.140. The average molecular weight is 542 g/mol. The summed E-state index contributed by atoms with van der Waals surface area (Å²) < 4.78 is 47.0. The molecule has 1 N–H and O–H groups in total. The van der Waals surface area contributed by atoms with E-state index >= 15 is 0 Å². The van der Waals surface area contributed by atoms with Crippen molar-refractivity contribution in [3.05, 3.63) is 90.2 Å². The Morgan fingerprint density at radius 1 is 0.947 bits per heavy atom. The number of halogens is 1. The van der Waals surface area contributed by atoms with Gasteiger partial charge in [-0.2, -0.15) is 0 Å². The maximum Gasteiger partial charge on any atom is 0.264 e. The van der Waals surface area contributed by atoms with Crippen molar-refractivity contribution in [3.8, 4) is 5.75 Å². The zero-order valence-corrected chi connectivity index (χ0v) is 22.4. The van der Waals surface area contributed by atoms with Crippen molar-refractivity contribution in [2.45, 2.75) is 37.8 Å². The Kier molecular flexibility index (Phi) is 9.84. The number of methoxy groups -OCH3 is 1. The number of rotatable bonds is 12. The van der Waals surface area contributed by atoms with Gasteiger partial charge in [-0.3, -0.25) is 13.9 Å². The lowest BCUT2D eigenvalue weighted by Crippen LogP contribution is -2.52. The van der Waals surface area contributed by atoms with E-state index in [-0.39, 0.29) is 23.0 Å². The highest BCUT2D eigenvalue weighted by Gasteiger charge is 2.33. The monoisotopic (exact) mass is 541 g/mol. The van der Waals surface area contributed by atoms with Crippen LogP contribution in [0, 0.1) is 5.82 Å². The van der Waals surface area contributed by atoms with Crippen molar-refractivity contribution >= 4 is 27.5 Å². The summed E-state index contributed by atoms with van der Waals surface area (Å²) in [4.78, 5) is 28.0. The number of sulfonamides is 1. The second-order valence-electron chi connectivity index (χ2n) is 8.49. The minimum Gasteiger partial charge on any atom is -0.497 e. The maximum absolute atomic E-state index is 13.9. The predicted octanol–water partition coefficient (Wildman–Crippen LogP) is 3.97. The van der Waals surface area contributed by atoms with Gasteiger partial charge in [-0.15, -0.1) is 0 Å². The summed E-state index contributed by atoms with van der Waals surface area (Å²) >= 11 is 0. The van der Waals surface area contributed by atoms with Gasteiger partial charge in [-0.05, 0) is 67.4 Å². The van der Waals surface area contributed by atoms with Crippen molar-refractivity contribution in [1.29, 1.82) is 0 Å². The standard InChI is InChI=1S/C28H32FN3O5S/c1-4-26(28(34)30-5-2)31(19-21-11-15-24(37-3)16-12-21)27(33)20-32(23-9-7-6-8-10-23)38(35,36)25-17-13-22(29)14-18-25/h6-18,26H,4-5,19-20H2,1-3H3,(H,30,34)/t26-/m0/s1. The third kappa shape index (κ3) is 6.89. The lowest BCUT2D eigenvalue weighted by atomic mass is 10.1. The van der Waals surface area contributed by atoms with E-state index in [0.717, 1.165) is 34.1 Å². The minimum absolute atomic E-state index is 0.0810. The first-order valence-electron chi connectivity index (χ1n) is 12.2. The highest BCUT2D eigenvalue weighted by molar-refractivity contribution is 7.92. The number of nitrogens with one attached hydrogen (secondary N) is 1. The molecule has 10 heteroatoms. The molecule has 0 unspecified atom stereocenters. The van der Waals surface area contributed by atoms with Gasteiger partial charge in [0.25, 0.3) is 10.0 Å². The Hall–Kier alpha value is -3.92. The van der Waals surface area contributed by atoms with E-state index < -0.39 is 34.3 Å². The van der Waals surface area contributed by atoms with Crippen LogP contribution in [0.15, 0.2) is 83.8 Å². The van der Waals surface area contributed by atoms with Crippen molar-refractivity contribution in [3.63, 3.8) is 0 Å². The van der Waals surface area contributed by atoms with Gasteiger partial charge >= 0.3 is 0 Å². The highest BCUT2D eigenvalue weighted by Crippen LogP contribution is 2.25. The smallest absolute Gasteiger partial charge is 0.264 e. The number of para-hydroxylation sites is 1.